The van der Waals surface area contributed by atoms with Crippen molar-refractivity contribution in [2.75, 3.05) is 13.1 Å². The van der Waals surface area contributed by atoms with E-state index in [1.807, 2.05) is 0 Å². The highest BCUT2D eigenvalue weighted by atomic mass is 19.1. The monoisotopic (exact) mass is 362 g/mol. The van der Waals surface area contributed by atoms with Gasteiger partial charge in [-0.15, -0.1) is 0 Å². The Balaban J connectivity index is 1.91. The highest BCUT2D eigenvalue weighted by molar-refractivity contribution is 6.00. The van der Waals surface area contributed by atoms with Gasteiger partial charge >= 0.3 is 5.97 Å². The predicted molar refractivity (Wildman–Crippen MR) is 87.3 cm³/mol. The molecule has 26 heavy (non-hydrogen) atoms. The number of benzene rings is 1. The van der Waals surface area contributed by atoms with Gasteiger partial charge in [-0.05, 0) is 12.1 Å². The van der Waals surface area contributed by atoms with E-state index < -0.39 is 29.0 Å². The van der Waals surface area contributed by atoms with E-state index in [1.54, 1.807) is 7.05 Å². The second-order valence-corrected chi connectivity index (χ2v) is 6.12. The summed E-state index contributed by atoms with van der Waals surface area (Å²) in [4.78, 5) is 35.1. The number of carbonyl (C=O) groups is 2. The van der Waals surface area contributed by atoms with Gasteiger partial charge in [0.25, 0.3) is 11.6 Å². The Bertz CT molecular complexity index is 895. The summed E-state index contributed by atoms with van der Waals surface area (Å²) < 4.78 is 15.6. The van der Waals surface area contributed by atoms with Crippen LogP contribution < -0.4 is 0 Å². The number of hydrogen-bond donors (Lipinski definition) is 1. The molecule has 1 saturated heterocycles. The van der Waals surface area contributed by atoms with E-state index in [9.17, 15) is 24.1 Å². The molecule has 0 radical (unpaired) electrons. The zero-order chi connectivity index (χ0) is 19.1. The number of likely N-dealkylation sites (tertiary alicyclic amines) is 1. The molecule has 1 aliphatic heterocycles. The van der Waals surface area contributed by atoms with Crippen molar-refractivity contribution in [3.05, 3.63) is 46.1 Å². The molecule has 0 spiro atoms. The number of alkyl halides is 1. The minimum Gasteiger partial charge on any atom is -0.479 e. The van der Waals surface area contributed by atoms with Crippen molar-refractivity contribution in [1.82, 2.24) is 14.7 Å². The second-order valence-electron chi connectivity index (χ2n) is 6.12. The van der Waals surface area contributed by atoms with Crippen molar-refractivity contribution in [2.45, 2.75) is 12.1 Å². The number of non-ortho nitro benzene ring substituents is 1. The van der Waals surface area contributed by atoms with Crippen LogP contribution in [0.3, 0.4) is 0 Å². The van der Waals surface area contributed by atoms with Gasteiger partial charge in [-0.2, -0.15) is 5.10 Å². The maximum absolute atomic E-state index is 14.2. The van der Waals surface area contributed by atoms with Crippen molar-refractivity contribution in [3.8, 4) is 11.3 Å². The lowest BCUT2D eigenvalue weighted by atomic mass is 10.1. The number of halogens is 1. The first-order chi connectivity index (χ1) is 12.2. The van der Waals surface area contributed by atoms with Gasteiger partial charge in [0, 0.05) is 43.9 Å². The highest BCUT2D eigenvalue weighted by Crippen LogP contribution is 2.30. The predicted octanol–water partition coefficient (Wildman–Crippen LogP) is 1.63. The fourth-order valence-electron chi connectivity index (χ4n) is 2.89. The Kier molecular flexibility index (Phi) is 4.18. The summed E-state index contributed by atoms with van der Waals surface area (Å²) in [6.07, 6.45) is 1.18. The van der Waals surface area contributed by atoms with Crippen molar-refractivity contribution in [1.29, 1.82) is 0 Å². The molecule has 1 amide bonds. The van der Waals surface area contributed by atoms with E-state index in [1.165, 1.54) is 35.1 Å². The van der Waals surface area contributed by atoms with Gasteiger partial charge in [-0.25, -0.2) is 9.18 Å². The average molecular weight is 362 g/mol. The number of nitro groups is 1. The summed E-state index contributed by atoms with van der Waals surface area (Å²) in [7, 11) is 1.60. The lowest BCUT2D eigenvalue weighted by Crippen LogP contribution is -2.38. The largest absolute Gasteiger partial charge is 0.479 e. The van der Waals surface area contributed by atoms with E-state index in [4.69, 9.17) is 5.11 Å². The van der Waals surface area contributed by atoms with Crippen LogP contribution in [0.1, 0.15) is 16.8 Å². The highest BCUT2D eigenvalue weighted by Gasteiger charge is 2.47. The van der Waals surface area contributed by atoms with Crippen LogP contribution in [0.2, 0.25) is 0 Å². The van der Waals surface area contributed by atoms with E-state index in [0.717, 1.165) is 4.90 Å². The molecule has 0 bridgehead atoms. The van der Waals surface area contributed by atoms with Crippen LogP contribution in [0, 0.1) is 10.1 Å². The lowest BCUT2D eigenvalue weighted by Gasteiger charge is -2.17. The molecule has 1 unspecified atom stereocenters. The molecule has 1 aromatic heterocycles. The maximum atomic E-state index is 14.2. The van der Waals surface area contributed by atoms with Crippen LogP contribution in [0.5, 0.6) is 0 Å². The third-order valence-electron chi connectivity index (χ3n) is 4.30. The van der Waals surface area contributed by atoms with Crippen LogP contribution in [-0.2, 0) is 11.8 Å². The number of amides is 1. The van der Waals surface area contributed by atoms with Crippen molar-refractivity contribution in [3.63, 3.8) is 0 Å². The van der Waals surface area contributed by atoms with E-state index in [2.05, 4.69) is 5.10 Å². The normalized spacial score (nSPS) is 19.5. The first-order valence-electron chi connectivity index (χ1n) is 7.71. The van der Waals surface area contributed by atoms with Gasteiger partial charge in [0.05, 0.1) is 17.0 Å². The summed E-state index contributed by atoms with van der Waals surface area (Å²) in [5.74, 6) is -2.12. The molecule has 1 aliphatic rings. The van der Waals surface area contributed by atoms with Gasteiger partial charge in [0.15, 0.2) is 0 Å². The van der Waals surface area contributed by atoms with E-state index in [0.29, 0.717) is 11.3 Å². The number of nitrogens with zero attached hydrogens (tertiary/aromatic N) is 4. The third kappa shape index (κ3) is 3.01. The fraction of sp³-hybridized carbons (Fsp3) is 0.312. The number of nitro benzene ring substituents is 1. The number of carboxylic acid groups (broad SMARTS) is 1. The van der Waals surface area contributed by atoms with Gasteiger partial charge in [-0.3, -0.25) is 19.6 Å². The second kappa shape index (κ2) is 6.21. The minimum absolute atomic E-state index is 0.0176. The zero-order valence-corrected chi connectivity index (χ0v) is 13.8. The molecule has 0 aliphatic carbocycles. The number of carbonyl (C=O) groups excluding carboxylic acids is 1. The Morgan fingerprint density at radius 1 is 1.35 bits per heavy atom. The Morgan fingerprint density at radius 3 is 2.54 bits per heavy atom. The van der Waals surface area contributed by atoms with Crippen LogP contribution in [0.4, 0.5) is 10.1 Å². The molecule has 10 heteroatoms. The SMILES string of the molecule is Cn1cc(C(=O)N2CCC(F)(C(=O)O)C2)c(-c2ccc([N+](=O)[O-])cc2)n1. The Labute approximate surface area is 146 Å². The number of hydrogen-bond acceptors (Lipinski definition) is 5. The van der Waals surface area contributed by atoms with Crippen molar-refractivity contribution < 1.29 is 24.0 Å². The molecule has 2 heterocycles. The summed E-state index contributed by atoms with van der Waals surface area (Å²) in [5.41, 5.74) is -1.59. The molecule has 136 valence electrons. The van der Waals surface area contributed by atoms with Gasteiger partial charge < -0.3 is 10.0 Å². The summed E-state index contributed by atoms with van der Waals surface area (Å²) in [5, 5.41) is 23.9. The molecular formula is C16H15FN4O5. The molecule has 1 atom stereocenters. The Morgan fingerprint density at radius 2 is 2.00 bits per heavy atom. The molecule has 9 nitrogen and oxygen atoms in total. The third-order valence-corrected chi connectivity index (χ3v) is 4.30. The minimum atomic E-state index is -2.45. The topological polar surface area (TPSA) is 119 Å². The summed E-state index contributed by atoms with van der Waals surface area (Å²) in [6.45, 7) is -0.550. The van der Waals surface area contributed by atoms with Gasteiger partial charge in [0.1, 0.15) is 5.69 Å². The van der Waals surface area contributed by atoms with E-state index in [-0.39, 0.29) is 24.2 Å². The first kappa shape index (κ1) is 17.5. The van der Waals surface area contributed by atoms with Gasteiger partial charge in [0.2, 0.25) is 5.67 Å². The molecule has 1 fully saturated rings. The number of aliphatic carboxylic acids is 1. The molecule has 1 N–H and O–H groups in total. The molecule has 1 aromatic carbocycles. The quantitative estimate of drug-likeness (QED) is 0.652. The molecule has 2 aromatic rings. The lowest BCUT2D eigenvalue weighted by molar-refractivity contribution is -0.384. The Hall–Kier alpha value is -3.30. The van der Waals surface area contributed by atoms with E-state index >= 15 is 0 Å². The van der Waals surface area contributed by atoms with Crippen molar-refractivity contribution >= 4 is 17.6 Å². The first-order valence-corrected chi connectivity index (χ1v) is 7.71. The average Bonchev–Trinajstić information content (AvgIpc) is 3.18. The zero-order valence-electron chi connectivity index (χ0n) is 13.8. The number of carboxylic acids is 1. The van der Waals surface area contributed by atoms with Crippen LogP contribution in [-0.4, -0.2) is 55.3 Å². The molecule has 3 rings (SSSR count). The van der Waals surface area contributed by atoms with Crippen molar-refractivity contribution in [2.24, 2.45) is 7.05 Å². The fourth-order valence-corrected chi connectivity index (χ4v) is 2.89. The molecular weight excluding hydrogens is 347 g/mol. The van der Waals surface area contributed by atoms with Crippen LogP contribution in [0.25, 0.3) is 11.3 Å². The maximum Gasteiger partial charge on any atom is 0.343 e. The van der Waals surface area contributed by atoms with Gasteiger partial charge in [-0.1, -0.05) is 0 Å². The summed E-state index contributed by atoms with van der Waals surface area (Å²) in [6, 6.07) is 5.53. The summed E-state index contributed by atoms with van der Waals surface area (Å²) >= 11 is 0. The molecule has 0 saturated carbocycles. The number of aryl methyl sites for hydroxylation is 1. The van der Waals surface area contributed by atoms with Crippen LogP contribution >= 0.6 is 0 Å². The smallest absolute Gasteiger partial charge is 0.343 e. The van der Waals surface area contributed by atoms with Crippen LogP contribution in [0.15, 0.2) is 30.5 Å². The number of aromatic nitrogens is 2. The standard InChI is InChI=1S/C16H15FN4O5/c1-19-8-12(14(22)20-7-6-16(17,9-20)15(23)24)13(18-19)10-2-4-11(5-3-10)21(25)26/h2-5,8H,6-7,9H2,1H3,(H,23,24). The number of rotatable bonds is 4.